The summed E-state index contributed by atoms with van der Waals surface area (Å²) in [4.78, 5) is 26.9. The van der Waals surface area contributed by atoms with E-state index in [-0.39, 0.29) is 24.2 Å². The van der Waals surface area contributed by atoms with Gasteiger partial charge in [0, 0.05) is 18.7 Å². The van der Waals surface area contributed by atoms with E-state index in [1.54, 1.807) is 4.90 Å². The van der Waals surface area contributed by atoms with Crippen LogP contribution in [0.15, 0.2) is 48.5 Å². The van der Waals surface area contributed by atoms with E-state index in [4.69, 9.17) is 4.74 Å². The number of nitrogens with one attached hydrogen (secondary N) is 1. The molecule has 1 aliphatic heterocycles. The molecule has 136 valence electrons. The Morgan fingerprint density at radius 1 is 1.15 bits per heavy atom. The summed E-state index contributed by atoms with van der Waals surface area (Å²) in [5.74, 6) is 0.125. The Morgan fingerprint density at radius 2 is 1.88 bits per heavy atom. The average molecular weight is 352 g/mol. The number of hydrogen-bond donors (Lipinski definition) is 1. The maximum absolute atomic E-state index is 12.7. The number of anilines is 2. The van der Waals surface area contributed by atoms with E-state index >= 15 is 0 Å². The molecule has 0 bridgehead atoms. The number of nitrogens with zero attached hydrogens (tertiary/aromatic N) is 1. The molecular formula is C21H24N2O3. The van der Waals surface area contributed by atoms with Gasteiger partial charge >= 0.3 is 0 Å². The topological polar surface area (TPSA) is 58.6 Å². The maximum atomic E-state index is 12.7. The lowest BCUT2D eigenvalue weighted by atomic mass is 10.1. The summed E-state index contributed by atoms with van der Waals surface area (Å²) < 4.78 is 5.62. The summed E-state index contributed by atoms with van der Waals surface area (Å²) in [5.41, 5.74) is 2.63. The fraction of sp³-hybridized carbons (Fsp3) is 0.333. The van der Waals surface area contributed by atoms with Gasteiger partial charge in [-0.05, 0) is 37.1 Å². The molecule has 0 saturated carbocycles. The van der Waals surface area contributed by atoms with E-state index in [9.17, 15) is 9.59 Å². The molecule has 2 aromatic rings. The van der Waals surface area contributed by atoms with Gasteiger partial charge in [0.05, 0.1) is 18.2 Å². The van der Waals surface area contributed by atoms with Gasteiger partial charge < -0.3 is 15.0 Å². The van der Waals surface area contributed by atoms with Crippen molar-refractivity contribution in [3.63, 3.8) is 0 Å². The number of rotatable bonds is 6. The number of carbonyl (C=O) groups is 2. The molecule has 0 aromatic heterocycles. The first-order valence-electron chi connectivity index (χ1n) is 9.05. The molecule has 5 nitrogen and oxygen atoms in total. The van der Waals surface area contributed by atoms with Crippen LogP contribution in [-0.4, -0.2) is 25.0 Å². The predicted octanol–water partition coefficient (Wildman–Crippen LogP) is 3.64. The minimum absolute atomic E-state index is 0.0546. The van der Waals surface area contributed by atoms with E-state index < -0.39 is 0 Å². The summed E-state index contributed by atoms with van der Waals surface area (Å²) in [7, 11) is 0. The van der Waals surface area contributed by atoms with Crippen molar-refractivity contribution in [1.82, 2.24) is 0 Å². The largest absolute Gasteiger partial charge is 0.492 e. The van der Waals surface area contributed by atoms with E-state index in [1.165, 1.54) is 0 Å². The summed E-state index contributed by atoms with van der Waals surface area (Å²) in [6.07, 6.45) is 1.05. The monoisotopic (exact) mass is 352 g/mol. The first kappa shape index (κ1) is 18.0. The highest BCUT2D eigenvalue weighted by atomic mass is 16.5. The van der Waals surface area contributed by atoms with Crippen molar-refractivity contribution < 1.29 is 14.3 Å². The normalized spacial score (nSPS) is 16.6. The summed E-state index contributed by atoms with van der Waals surface area (Å²) in [6, 6.07) is 15.2. The van der Waals surface area contributed by atoms with Gasteiger partial charge in [-0.3, -0.25) is 9.59 Å². The average Bonchev–Trinajstić information content (AvgIpc) is 3.04. The highest BCUT2D eigenvalue weighted by molar-refractivity contribution is 6.04. The molecule has 0 aliphatic carbocycles. The van der Waals surface area contributed by atoms with Crippen LogP contribution in [0.4, 0.5) is 11.4 Å². The quantitative estimate of drug-likeness (QED) is 0.863. The number of ether oxygens (including phenoxy) is 1. The van der Waals surface area contributed by atoms with E-state index in [0.29, 0.717) is 18.9 Å². The van der Waals surface area contributed by atoms with E-state index in [0.717, 1.165) is 23.4 Å². The van der Waals surface area contributed by atoms with Crippen molar-refractivity contribution in [3.05, 3.63) is 54.1 Å². The Morgan fingerprint density at radius 3 is 2.65 bits per heavy atom. The molecule has 1 aliphatic rings. The van der Waals surface area contributed by atoms with Gasteiger partial charge in [0.15, 0.2) is 0 Å². The lowest BCUT2D eigenvalue weighted by Crippen LogP contribution is -2.28. The van der Waals surface area contributed by atoms with Crippen molar-refractivity contribution >= 4 is 23.2 Å². The zero-order chi connectivity index (χ0) is 18.5. The zero-order valence-corrected chi connectivity index (χ0v) is 15.2. The highest BCUT2D eigenvalue weighted by Crippen LogP contribution is 2.33. The molecule has 2 aromatic carbocycles. The second kappa shape index (κ2) is 8.04. The van der Waals surface area contributed by atoms with Crippen molar-refractivity contribution in [2.75, 3.05) is 23.4 Å². The molecule has 1 fully saturated rings. The van der Waals surface area contributed by atoms with Crippen LogP contribution >= 0.6 is 0 Å². The van der Waals surface area contributed by atoms with Crippen molar-refractivity contribution in [3.8, 4) is 5.75 Å². The fourth-order valence-corrected chi connectivity index (χ4v) is 3.26. The van der Waals surface area contributed by atoms with Crippen LogP contribution in [0.5, 0.6) is 5.75 Å². The van der Waals surface area contributed by atoms with Gasteiger partial charge in [0.2, 0.25) is 11.8 Å². The SMILES string of the molecule is CCOc1ccccc1N1C[C@@H](C(=O)Nc2ccccc2CC)CC1=O. The second-order valence-electron chi connectivity index (χ2n) is 6.31. The minimum atomic E-state index is -0.373. The van der Waals surface area contributed by atoms with Crippen molar-refractivity contribution in [2.45, 2.75) is 26.7 Å². The van der Waals surface area contributed by atoms with Crippen LogP contribution in [0.2, 0.25) is 0 Å². The Hall–Kier alpha value is -2.82. The van der Waals surface area contributed by atoms with Crippen LogP contribution in [0.25, 0.3) is 0 Å². The number of aryl methyl sites for hydroxylation is 1. The van der Waals surface area contributed by atoms with E-state index in [2.05, 4.69) is 12.2 Å². The molecule has 0 unspecified atom stereocenters. The lowest BCUT2D eigenvalue weighted by Gasteiger charge is -2.20. The van der Waals surface area contributed by atoms with Gasteiger partial charge in [-0.2, -0.15) is 0 Å². The number of carbonyl (C=O) groups excluding carboxylic acids is 2. The smallest absolute Gasteiger partial charge is 0.229 e. The summed E-state index contributed by atoms with van der Waals surface area (Å²) >= 11 is 0. The standard InChI is InChI=1S/C21H24N2O3/c1-3-15-9-5-6-10-17(15)22-21(25)16-13-20(24)23(14-16)18-11-7-8-12-19(18)26-4-2/h5-12,16H,3-4,13-14H2,1-2H3,(H,22,25)/t16-/m0/s1. The third-order valence-electron chi connectivity index (χ3n) is 4.61. The predicted molar refractivity (Wildman–Crippen MR) is 103 cm³/mol. The Labute approximate surface area is 154 Å². The van der Waals surface area contributed by atoms with Crippen molar-refractivity contribution in [2.24, 2.45) is 5.92 Å². The highest BCUT2D eigenvalue weighted by Gasteiger charge is 2.36. The van der Waals surface area contributed by atoms with Crippen LogP contribution in [-0.2, 0) is 16.0 Å². The van der Waals surface area contributed by atoms with Gasteiger partial charge in [0.25, 0.3) is 0 Å². The van der Waals surface area contributed by atoms with E-state index in [1.807, 2.05) is 55.5 Å². The van der Waals surface area contributed by atoms with Crippen LogP contribution in [0.1, 0.15) is 25.8 Å². The Bertz CT molecular complexity index is 803. The summed E-state index contributed by atoms with van der Waals surface area (Å²) in [5, 5.41) is 2.99. The van der Waals surface area contributed by atoms with Gasteiger partial charge in [-0.15, -0.1) is 0 Å². The Kier molecular flexibility index (Phi) is 5.56. The third kappa shape index (κ3) is 3.72. The Balaban J connectivity index is 1.74. The molecular weight excluding hydrogens is 328 g/mol. The molecule has 26 heavy (non-hydrogen) atoms. The molecule has 0 radical (unpaired) electrons. The first-order valence-corrected chi connectivity index (χ1v) is 9.05. The van der Waals surface area contributed by atoms with Gasteiger partial charge in [-0.25, -0.2) is 0 Å². The zero-order valence-electron chi connectivity index (χ0n) is 15.2. The fourth-order valence-electron chi connectivity index (χ4n) is 3.26. The second-order valence-corrected chi connectivity index (χ2v) is 6.31. The molecule has 2 amide bonds. The van der Waals surface area contributed by atoms with Gasteiger partial charge in [-0.1, -0.05) is 37.3 Å². The molecule has 1 heterocycles. The lowest BCUT2D eigenvalue weighted by molar-refractivity contribution is -0.122. The number of amides is 2. The number of hydrogen-bond acceptors (Lipinski definition) is 3. The van der Waals surface area contributed by atoms with Crippen LogP contribution < -0.4 is 15.0 Å². The first-order chi connectivity index (χ1) is 12.6. The molecule has 1 atom stereocenters. The molecule has 1 saturated heterocycles. The van der Waals surface area contributed by atoms with Crippen LogP contribution in [0, 0.1) is 5.92 Å². The third-order valence-corrected chi connectivity index (χ3v) is 4.61. The minimum Gasteiger partial charge on any atom is -0.492 e. The summed E-state index contributed by atoms with van der Waals surface area (Å²) in [6.45, 7) is 4.85. The van der Waals surface area contributed by atoms with Crippen molar-refractivity contribution in [1.29, 1.82) is 0 Å². The van der Waals surface area contributed by atoms with Gasteiger partial charge in [0.1, 0.15) is 5.75 Å². The number of benzene rings is 2. The molecule has 5 heteroatoms. The van der Waals surface area contributed by atoms with Crippen LogP contribution in [0.3, 0.4) is 0 Å². The molecule has 0 spiro atoms. The molecule has 1 N–H and O–H groups in total. The maximum Gasteiger partial charge on any atom is 0.229 e. The number of para-hydroxylation sites is 3. The molecule has 3 rings (SSSR count).